The maximum absolute atomic E-state index is 10.8. The first-order valence-corrected chi connectivity index (χ1v) is 4.71. The molecule has 2 N–H and O–H groups in total. The molecule has 0 saturated carbocycles. The minimum Gasteiger partial charge on any atom is -0.395 e. The molecule has 0 amide bonds. The summed E-state index contributed by atoms with van der Waals surface area (Å²) in [6.45, 7) is 1.32. The van der Waals surface area contributed by atoms with Crippen LogP contribution in [0.15, 0.2) is 0 Å². The molecule has 11 heavy (non-hydrogen) atoms. The fourth-order valence-electron chi connectivity index (χ4n) is 0.495. The Morgan fingerprint density at radius 1 is 1.73 bits per heavy atom. The molecule has 0 aromatic carbocycles. The molecule has 0 unspecified atom stereocenters. The van der Waals surface area contributed by atoms with E-state index in [4.69, 9.17) is 11.5 Å². The monoisotopic (exact) mass is 177 g/mol. The molecule has 0 heterocycles. The molecule has 0 aromatic heterocycles. The first-order valence-electron chi connectivity index (χ1n) is 3.06. The lowest BCUT2D eigenvalue weighted by Crippen LogP contribution is -2.36. The van der Waals surface area contributed by atoms with E-state index in [9.17, 15) is 8.42 Å². The van der Waals surface area contributed by atoms with Crippen molar-refractivity contribution in [1.82, 2.24) is 4.72 Å². The summed E-state index contributed by atoms with van der Waals surface area (Å²) in [5, 5.41) is 8.49. The molecule has 0 saturated heterocycles. The summed E-state index contributed by atoms with van der Waals surface area (Å²) in [6.07, 6.45) is 4.80. The van der Waals surface area contributed by atoms with Crippen LogP contribution >= 0.6 is 0 Å². The van der Waals surface area contributed by atoms with Crippen LogP contribution < -0.4 is 4.72 Å². The molecule has 0 aliphatic rings. The van der Waals surface area contributed by atoms with Crippen molar-refractivity contribution in [3.63, 3.8) is 0 Å². The Bertz CT molecular complexity index is 239. The first-order chi connectivity index (χ1) is 5.02. The molecule has 4 nitrogen and oxygen atoms in total. The Morgan fingerprint density at radius 3 is 2.64 bits per heavy atom. The smallest absolute Gasteiger partial charge is 0.223 e. The maximum Gasteiger partial charge on any atom is 0.223 e. The second-order valence-electron chi connectivity index (χ2n) is 2.16. The molecule has 0 aliphatic carbocycles. The predicted molar refractivity (Wildman–Crippen MR) is 42.3 cm³/mol. The Morgan fingerprint density at radius 2 is 2.27 bits per heavy atom. The predicted octanol–water partition coefficient (Wildman–Crippen LogP) is -1.08. The van der Waals surface area contributed by atoms with Crippen molar-refractivity contribution in [3.05, 3.63) is 0 Å². The molecule has 0 rings (SSSR count). The Kier molecular flexibility index (Phi) is 4.11. The van der Waals surface area contributed by atoms with Crippen LogP contribution in [0.25, 0.3) is 0 Å². The van der Waals surface area contributed by atoms with E-state index in [1.165, 1.54) is 0 Å². The van der Waals surface area contributed by atoms with Gasteiger partial charge in [-0.25, -0.2) is 13.1 Å². The highest BCUT2D eigenvalue weighted by atomic mass is 32.2. The molecule has 5 heteroatoms. The van der Waals surface area contributed by atoms with Crippen molar-refractivity contribution >= 4 is 10.0 Å². The van der Waals surface area contributed by atoms with Crippen LogP contribution in [-0.2, 0) is 10.0 Å². The van der Waals surface area contributed by atoms with Gasteiger partial charge in [-0.3, -0.25) is 0 Å². The third kappa shape index (κ3) is 4.79. The van der Waals surface area contributed by atoms with Gasteiger partial charge in [-0.2, -0.15) is 0 Å². The Balaban J connectivity index is 4.05. The third-order valence-electron chi connectivity index (χ3n) is 0.928. The van der Waals surface area contributed by atoms with E-state index in [0.29, 0.717) is 0 Å². The summed E-state index contributed by atoms with van der Waals surface area (Å²) >= 11 is 0. The molecule has 0 bridgehead atoms. The summed E-state index contributed by atoms with van der Waals surface area (Å²) in [4.78, 5) is 0. The summed E-state index contributed by atoms with van der Waals surface area (Å²) < 4.78 is 23.9. The Labute approximate surface area is 66.7 Å². The van der Waals surface area contributed by atoms with Gasteiger partial charge in [0.1, 0.15) is 5.75 Å². The minimum absolute atomic E-state index is 0.232. The zero-order chi connectivity index (χ0) is 8.91. The number of aliphatic hydroxyl groups is 1. The van der Waals surface area contributed by atoms with Crippen molar-refractivity contribution in [2.24, 2.45) is 0 Å². The van der Waals surface area contributed by atoms with Gasteiger partial charge in [-0.15, -0.1) is 6.42 Å². The lowest BCUT2D eigenvalue weighted by Gasteiger charge is -2.08. The van der Waals surface area contributed by atoms with Crippen molar-refractivity contribution in [3.8, 4) is 12.3 Å². The molecular weight excluding hydrogens is 166 g/mol. The number of terminal acetylenes is 1. The van der Waals surface area contributed by atoms with Crippen molar-refractivity contribution in [2.45, 2.75) is 13.0 Å². The van der Waals surface area contributed by atoms with Gasteiger partial charge in [0.2, 0.25) is 10.0 Å². The number of hydrogen-bond donors (Lipinski definition) is 2. The van der Waals surface area contributed by atoms with E-state index in [-0.39, 0.29) is 12.4 Å². The maximum atomic E-state index is 10.8. The first kappa shape index (κ1) is 10.4. The fourth-order valence-corrected chi connectivity index (χ4v) is 1.49. The summed E-state index contributed by atoms with van der Waals surface area (Å²) in [7, 11) is -3.39. The fraction of sp³-hybridized carbons (Fsp3) is 0.667. The molecule has 0 radical (unpaired) electrons. The van der Waals surface area contributed by atoms with E-state index >= 15 is 0 Å². The number of hydrogen-bond acceptors (Lipinski definition) is 3. The second kappa shape index (κ2) is 4.34. The van der Waals surface area contributed by atoms with Crippen LogP contribution in [-0.4, -0.2) is 31.9 Å². The van der Waals surface area contributed by atoms with Gasteiger partial charge in [0.15, 0.2) is 0 Å². The Hall–Kier alpha value is -0.570. The average Bonchev–Trinajstić information content (AvgIpc) is 1.86. The summed E-state index contributed by atoms with van der Waals surface area (Å²) in [5.74, 6) is 1.66. The molecule has 64 valence electrons. The van der Waals surface area contributed by atoms with E-state index in [1.54, 1.807) is 6.92 Å². The topological polar surface area (TPSA) is 66.4 Å². The largest absolute Gasteiger partial charge is 0.395 e. The highest BCUT2D eigenvalue weighted by Crippen LogP contribution is 1.86. The molecule has 0 spiro atoms. The lowest BCUT2D eigenvalue weighted by atomic mass is 10.4. The van der Waals surface area contributed by atoms with Gasteiger partial charge in [0.25, 0.3) is 0 Å². The SMILES string of the molecule is C#CCS(=O)(=O)N[C@@H](C)CO. The summed E-state index contributed by atoms with van der Waals surface area (Å²) in [5.41, 5.74) is 0. The van der Waals surface area contributed by atoms with Gasteiger partial charge >= 0.3 is 0 Å². The number of aliphatic hydroxyl groups excluding tert-OH is 1. The van der Waals surface area contributed by atoms with Crippen molar-refractivity contribution in [1.29, 1.82) is 0 Å². The van der Waals surface area contributed by atoms with Crippen molar-refractivity contribution < 1.29 is 13.5 Å². The van der Waals surface area contributed by atoms with Crippen LogP contribution in [0.5, 0.6) is 0 Å². The van der Waals surface area contributed by atoms with Gasteiger partial charge in [0, 0.05) is 6.04 Å². The molecule has 1 atom stereocenters. The zero-order valence-electron chi connectivity index (χ0n) is 6.24. The number of nitrogens with one attached hydrogen (secondary N) is 1. The zero-order valence-corrected chi connectivity index (χ0v) is 7.06. The van der Waals surface area contributed by atoms with E-state index in [2.05, 4.69) is 4.72 Å². The standard InChI is InChI=1S/C6H11NO3S/c1-3-4-11(9,10)7-6(2)5-8/h1,6-8H,4-5H2,2H3/t6-/m0/s1. The van der Waals surface area contributed by atoms with Gasteiger partial charge in [0.05, 0.1) is 6.61 Å². The number of sulfonamides is 1. The van der Waals surface area contributed by atoms with Crippen molar-refractivity contribution in [2.75, 3.05) is 12.4 Å². The van der Waals surface area contributed by atoms with E-state index in [0.717, 1.165) is 0 Å². The molecule has 0 aliphatic heterocycles. The molecule has 0 fully saturated rings. The normalized spacial score (nSPS) is 13.9. The summed E-state index contributed by atoms with van der Waals surface area (Å²) in [6, 6.07) is -0.478. The lowest BCUT2D eigenvalue weighted by molar-refractivity contribution is 0.265. The van der Waals surface area contributed by atoms with Crippen LogP contribution in [0.1, 0.15) is 6.92 Å². The average molecular weight is 177 g/mol. The highest BCUT2D eigenvalue weighted by molar-refractivity contribution is 7.89. The second-order valence-corrected chi connectivity index (χ2v) is 3.92. The van der Waals surface area contributed by atoms with Gasteiger partial charge in [-0.1, -0.05) is 5.92 Å². The quantitative estimate of drug-likeness (QED) is 0.537. The minimum atomic E-state index is -3.39. The van der Waals surface area contributed by atoms with Gasteiger partial charge < -0.3 is 5.11 Å². The third-order valence-corrected chi connectivity index (χ3v) is 2.24. The highest BCUT2D eigenvalue weighted by Gasteiger charge is 2.11. The molecular formula is C6H11NO3S. The van der Waals surface area contributed by atoms with Crippen LogP contribution in [0.3, 0.4) is 0 Å². The number of rotatable bonds is 4. The van der Waals surface area contributed by atoms with Gasteiger partial charge in [-0.05, 0) is 6.92 Å². The van der Waals surface area contributed by atoms with E-state index < -0.39 is 16.1 Å². The van der Waals surface area contributed by atoms with Crippen LogP contribution in [0.4, 0.5) is 0 Å². The molecule has 0 aromatic rings. The van der Waals surface area contributed by atoms with E-state index in [1.807, 2.05) is 5.92 Å². The van der Waals surface area contributed by atoms with Crippen LogP contribution in [0, 0.1) is 12.3 Å². The van der Waals surface area contributed by atoms with Crippen LogP contribution in [0.2, 0.25) is 0 Å².